The second kappa shape index (κ2) is 4.60. The second-order valence-electron chi connectivity index (χ2n) is 5.40. The fourth-order valence-electron chi connectivity index (χ4n) is 1.98. The topological polar surface area (TPSA) is 35.5 Å². The Labute approximate surface area is 87.5 Å². The van der Waals surface area contributed by atoms with Crippen molar-refractivity contribution >= 4 is 0 Å². The van der Waals surface area contributed by atoms with Crippen molar-refractivity contribution in [2.75, 3.05) is 26.2 Å². The zero-order chi connectivity index (χ0) is 10.8. The molecule has 1 unspecified atom stereocenters. The molecular weight excluding hydrogens is 176 g/mol. The van der Waals surface area contributed by atoms with Crippen LogP contribution in [-0.2, 0) is 0 Å². The number of β-amino-alcohol motifs (C(OH)–C–C–N with tert-alkyl or cyclic N) is 1. The van der Waals surface area contributed by atoms with Crippen molar-refractivity contribution in [2.24, 2.45) is 5.92 Å². The van der Waals surface area contributed by atoms with Gasteiger partial charge in [0.2, 0.25) is 0 Å². The van der Waals surface area contributed by atoms with E-state index in [0.29, 0.717) is 5.92 Å². The highest BCUT2D eigenvalue weighted by atomic mass is 16.3. The molecule has 14 heavy (non-hydrogen) atoms. The number of aliphatic hydroxyl groups is 1. The fourth-order valence-corrected chi connectivity index (χ4v) is 1.98. The quantitative estimate of drug-likeness (QED) is 0.688. The minimum Gasteiger partial charge on any atom is -0.390 e. The predicted molar refractivity (Wildman–Crippen MR) is 59.4 cm³/mol. The largest absolute Gasteiger partial charge is 0.390 e. The normalized spacial score (nSPS) is 29.1. The number of hydrogen-bond acceptors (Lipinski definition) is 3. The lowest BCUT2D eigenvalue weighted by molar-refractivity contribution is 0.0672. The molecule has 1 rings (SSSR count). The van der Waals surface area contributed by atoms with E-state index in [2.05, 4.69) is 37.9 Å². The van der Waals surface area contributed by atoms with Gasteiger partial charge in [-0.25, -0.2) is 0 Å². The molecule has 1 aliphatic rings. The van der Waals surface area contributed by atoms with Crippen molar-refractivity contribution in [1.82, 2.24) is 10.2 Å². The molecule has 84 valence electrons. The van der Waals surface area contributed by atoms with Gasteiger partial charge in [0.05, 0.1) is 6.10 Å². The average molecular weight is 200 g/mol. The van der Waals surface area contributed by atoms with Crippen LogP contribution in [0.3, 0.4) is 0 Å². The first-order valence-electron chi connectivity index (χ1n) is 5.55. The lowest BCUT2D eigenvalue weighted by Crippen LogP contribution is -2.50. The molecule has 0 aromatic carbocycles. The van der Waals surface area contributed by atoms with E-state index in [-0.39, 0.29) is 11.6 Å². The molecule has 3 heteroatoms. The predicted octanol–water partition coefficient (Wildman–Crippen LogP) is 0.687. The Bertz CT molecular complexity index is 180. The van der Waals surface area contributed by atoms with Gasteiger partial charge in [-0.1, -0.05) is 13.8 Å². The Morgan fingerprint density at radius 1 is 1.50 bits per heavy atom. The molecule has 0 bridgehead atoms. The number of nitrogens with one attached hydrogen (secondary N) is 1. The standard InChI is InChI=1S/C11H24N2O/c1-9(2)6-13-7-10(14)5-12-8-11(13,3)4/h9-10,12,14H,5-8H2,1-4H3. The van der Waals surface area contributed by atoms with Gasteiger partial charge in [0, 0.05) is 31.7 Å². The molecule has 3 nitrogen and oxygen atoms in total. The summed E-state index contributed by atoms with van der Waals surface area (Å²) in [6.07, 6.45) is -0.226. The van der Waals surface area contributed by atoms with Gasteiger partial charge in [0.25, 0.3) is 0 Å². The van der Waals surface area contributed by atoms with Gasteiger partial charge >= 0.3 is 0 Å². The summed E-state index contributed by atoms with van der Waals surface area (Å²) in [7, 11) is 0. The summed E-state index contributed by atoms with van der Waals surface area (Å²) in [5.41, 5.74) is 0.155. The van der Waals surface area contributed by atoms with Crippen LogP contribution in [-0.4, -0.2) is 47.8 Å². The van der Waals surface area contributed by atoms with Crippen LogP contribution >= 0.6 is 0 Å². The van der Waals surface area contributed by atoms with E-state index in [1.54, 1.807) is 0 Å². The highest BCUT2D eigenvalue weighted by Crippen LogP contribution is 2.18. The second-order valence-corrected chi connectivity index (χ2v) is 5.40. The Kier molecular flexibility index (Phi) is 3.93. The van der Waals surface area contributed by atoms with Gasteiger partial charge in [-0.15, -0.1) is 0 Å². The maximum atomic E-state index is 9.70. The molecule has 1 saturated heterocycles. The summed E-state index contributed by atoms with van der Waals surface area (Å²) in [5, 5.41) is 13.0. The third-order valence-corrected chi connectivity index (χ3v) is 2.81. The van der Waals surface area contributed by atoms with Gasteiger partial charge in [-0.2, -0.15) is 0 Å². The number of nitrogens with zero attached hydrogens (tertiary/aromatic N) is 1. The summed E-state index contributed by atoms with van der Waals surface area (Å²) in [4.78, 5) is 2.39. The minimum absolute atomic E-state index is 0.155. The van der Waals surface area contributed by atoms with Crippen LogP contribution < -0.4 is 5.32 Å². The van der Waals surface area contributed by atoms with Gasteiger partial charge in [0.15, 0.2) is 0 Å². The molecule has 1 atom stereocenters. The molecule has 1 aliphatic heterocycles. The van der Waals surface area contributed by atoms with Crippen molar-refractivity contribution in [2.45, 2.75) is 39.3 Å². The van der Waals surface area contributed by atoms with Gasteiger partial charge < -0.3 is 10.4 Å². The van der Waals surface area contributed by atoms with Crippen LogP contribution in [0.5, 0.6) is 0 Å². The molecule has 0 aromatic rings. The Morgan fingerprint density at radius 3 is 2.71 bits per heavy atom. The fraction of sp³-hybridized carbons (Fsp3) is 1.00. The van der Waals surface area contributed by atoms with E-state index >= 15 is 0 Å². The minimum atomic E-state index is -0.226. The average Bonchev–Trinajstić information content (AvgIpc) is 2.11. The highest BCUT2D eigenvalue weighted by molar-refractivity contribution is 4.89. The lowest BCUT2D eigenvalue weighted by Gasteiger charge is -2.38. The van der Waals surface area contributed by atoms with Gasteiger partial charge in [-0.3, -0.25) is 4.90 Å². The van der Waals surface area contributed by atoms with Gasteiger partial charge in [-0.05, 0) is 19.8 Å². The molecule has 0 aliphatic carbocycles. The maximum Gasteiger partial charge on any atom is 0.0791 e. The van der Waals surface area contributed by atoms with E-state index in [1.165, 1.54) is 0 Å². The zero-order valence-corrected chi connectivity index (χ0v) is 9.88. The molecule has 0 aromatic heterocycles. The van der Waals surface area contributed by atoms with Crippen LogP contribution in [0.25, 0.3) is 0 Å². The molecule has 1 fully saturated rings. The lowest BCUT2D eigenvalue weighted by atomic mass is 10.0. The van der Waals surface area contributed by atoms with E-state index in [0.717, 1.165) is 26.2 Å². The Morgan fingerprint density at radius 2 is 2.14 bits per heavy atom. The van der Waals surface area contributed by atoms with Crippen LogP contribution in [0.4, 0.5) is 0 Å². The van der Waals surface area contributed by atoms with E-state index in [4.69, 9.17) is 0 Å². The highest BCUT2D eigenvalue weighted by Gasteiger charge is 2.31. The number of rotatable bonds is 2. The third kappa shape index (κ3) is 3.23. The number of aliphatic hydroxyl groups excluding tert-OH is 1. The SMILES string of the molecule is CC(C)CN1CC(O)CNCC1(C)C. The van der Waals surface area contributed by atoms with Gasteiger partial charge in [0.1, 0.15) is 0 Å². The summed E-state index contributed by atoms with van der Waals surface area (Å²) in [6.45, 7) is 12.4. The van der Waals surface area contributed by atoms with Crippen LogP contribution in [0.15, 0.2) is 0 Å². The van der Waals surface area contributed by atoms with Crippen molar-refractivity contribution in [3.63, 3.8) is 0 Å². The molecule has 2 N–H and O–H groups in total. The first-order valence-corrected chi connectivity index (χ1v) is 5.55. The Balaban J connectivity index is 2.64. The first-order chi connectivity index (χ1) is 6.42. The van der Waals surface area contributed by atoms with Crippen molar-refractivity contribution in [3.05, 3.63) is 0 Å². The molecule has 1 heterocycles. The summed E-state index contributed by atoms with van der Waals surface area (Å²) in [5.74, 6) is 0.652. The van der Waals surface area contributed by atoms with Crippen LogP contribution in [0.1, 0.15) is 27.7 Å². The number of hydrogen-bond donors (Lipinski definition) is 2. The van der Waals surface area contributed by atoms with Crippen molar-refractivity contribution in [1.29, 1.82) is 0 Å². The molecule has 0 spiro atoms. The first kappa shape index (κ1) is 12.0. The smallest absolute Gasteiger partial charge is 0.0791 e. The molecule has 0 saturated carbocycles. The molecule has 0 radical (unpaired) electrons. The van der Waals surface area contributed by atoms with Crippen LogP contribution in [0, 0.1) is 5.92 Å². The summed E-state index contributed by atoms with van der Waals surface area (Å²) >= 11 is 0. The zero-order valence-electron chi connectivity index (χ0n) is 9.88. The van der Waals surface area contributed by atoms with Crippen molar-refractivity contribution in [3.8, 4) is 0 Å². The van der Waals surface area contributed by atoms with E-state index in [9.17, 15) is 5.11 Å². The Hall–Kier alpha value is -0.120. The van der Waals surface area contributed by atoms with Crippen molar-refractivity contribution < 1.29 is 5.11 Å². The van der Waals surface area contributed by atoms with E-state index in [1.807, 2.05) is 0 Å². The molecule has 0 amide bonds. The maximum absolute atomic E-state index is 9.70. The molecular formula is C11H24N2O. The van der Waals surface area contributed by atoms with E-state index < -0.39 is 0 Å². The van der Waals surface area contributed by atoms with Crippen LogP contribution in [0.2, 0.25) is 0 Å². The summed E-state index contributed by atoms with van der Waals surface area (Å²) < 4.78 is 0. The summed E-state index contributed by atoms with van der Waals surface area (Å²) in [6, 6.07) is 0. The monoisotopic (exact) mass is 200 g/mol. The third-order valence-electron chi connectivity index (χ3n) is 2.81.